The molecule has 0 aliphatic heterocycles. The summed E-state index contributed by atoms with van der Waals surface area (Å²) in [6, 6.07) is 3.74. The molecule has 1 aromatic heterocycles. The minimum absolute atomic E-state index is 0.307. The molecule has 1 aliphatic rings. The third kappa shape index (κ3) is 3.33. The van der Waals surface area contributed by atoms with E-state index in [1.54, 1.807) is 6.20 Å². The number of nitrogens with one attached hydrogen (secondary N) is 1. The topological polar surface area (TPSA) is 71.2 Å². The van der Waals surface area contributed by atoms with Gasteiger partial charge in [-0.25, -0.2) is 4.98 Å². The molecule has 1 fully saturated rings. The van der Waals surface area contributed by atoms with Crippen LogP contribution in [-0.2, 0) is 0 Å². The SMILES string of the molecule is Nc1ccc(NCC2CCCCC2CO)nc1. The van der Waals surface area contributed by atoms with Crippen molar-refractivity contribution in [1.29, 1.82) is 0 Å². The predicted octanol–water partition coefficient (Wildman–Crippen LogP) is 1.87. The lowest BCUT2D eigenvalue weighted by Crippen LogP contribution is -2.28. The molecule has 2 atom stereocenters. The molecular weight excluding hydrogens is 214 g/mol. The van der Waals surface area contributed by atoms with E-state index in [2.05, 4.69) is 10.3 Å². The zero-order valence-corrected chi connectivity index (χ0v) is 10.1. The zero-order valence-electron chi connectivity index (χ0n) is 10.1. The van der Waals surface area contributed by atoms with Gasteiger partial charge >= 0.3 is 0 Å². The number of nitrogens with zero attached hydrogens (tertiary/aromatic N) is 1. The van der Waals surface area contributed by atoms with E-state index in [4.69, 9.17) is 5.73 Å². The van der Waals surface area contributed by atoms with Gasteiger partial charge in [0.15, 0.2) is 0 Å². The molecule has 4 N–H and O–H groups in total. The normalized spacial score (nSPS) is 24.5. The van der Waals surface area contributed by atoms with Crippen molar-refractivity contribution >= 4 is 11.5 Å². The van der Waals surface area contributed by atoms with Crippen molar-refractivity contribution in [2.24, 2.45) is 11.8 Å². The summed E-state index contributed by atoms with van der Waals surface area (Å²) in [6.07, 6.45) is 6.54. The summed E-state index contributed by atoms with van der Waals surface area (Å²) in [5.41, 5.74) is 6.27. The Morgan fingerprint density at radius 2 is 2.06 bits per heavy atom. The number of anilines is 2. The third-order valence-electron chi connectivity index (χ3n) is 3.63. The van der Waals surface area contributed by atoms with E-state index < -0.39 is 0 Å². The summed E-state index contributed by atoms with van der Waals surface area (Å²) in [7, 11) is 0. The standard InChI is InChI=1S/C13H21N3O/c14-12-5-6-13(16-8-12)15-7-10-3-1-2-4-11(10)9-17/h5-6,8,10-11,17H,1-4,7,9,14H2,(H,15,16). The Morgan fingerprint density at radius 3 is 2.71 bits per heavy atom. The minimum atomic E-state index is 0.307. The van der Waals surface area contributed by atoms with Gasteiger partial charge < -0.3 is 16.2 Å². The molecule has 1 heterocycles. The smallest absolute Gasteiger partial charge is 0.126 e. The molecule has 0 spiro atoms. The number of aliphatic hydroxyl groups excluding tert-OH is 1. The third-order valence-corrected chi connectivity index (χ3v) is 3.63. The highest BCUT2D eigenvalue weighted by molar-refractivity contribution is 5.43. The fourth-order valence-electron chi connectivity index (χ4n) is 2.54. The fourth-order valence-corrected chi connectivity index (χ4v) is 2.54. The first-order valence-electron chi connectivity index (χ1n) is 6.36. The summed E-state index contributed by atoms with van der Waals surface area (Å²) in [4.78, 5) is 4.21. The van der Waals surface area contributed by atoms with E-state index >= 15 is 0 Å². The maximum atomic E-state index is 9.34. The summed E-state index contributed by atoms with van der Waals surface area (Å²) in [5, 5.41) is 12.7. The Labute approximate surface area is 102 Å². The molecule has 1 aromatic rings. The summed E-state index contributed by atoms with van der Waals surface area (Å²) < 4.78 is 0. The summed E-state index contributed by atoms with van der Waals surface area (Å²) in [5.74, 6) is 1.87. The second kappa shape index (κ2) is 5.87. The molecule has 1 saturated carbocycles. The quantitative estimate of drug-likeness (QED) is 0.745. The highest BCUT2D eigenvalue weighted by Crippen LogP contribution is 2.29. The number of nitrogens with two attached hydrogens (primary N) is 1. The Balaban J connectivity index is 1.86. The van der Waals surface area contributed by atoms with E-state index in [0.717, 1.165) is 18.8 Å². The maximum absolute atomic E-state index is 9.34. The van der Waals surface area contributed by atoms with Crippen LogP contribution in [0.2, 0.25) is 0 Å². The first kappa shape index (κ1) is 12.2. The number of nitrogen functional groups attached to an aromatic ring is 1. The zero-order chi connectivity index (χ0) is 12.1. The monoisotopic (exact) mass is 235 g/mol. The highest BCUT2D eigenvalue weighted by Gasteiger charge is 2.24. The van der Waals surface area contributed by atoms with Crippen molar-refractivity contribution in [3.05, 3.63) is 18.3 Å². The molecule has 2 rings (SSSR count). The highest BCUT2D eigenvalue weighted by atomic mass is 16.3. The van der Waals surface area contributed by atoms with Gasteiger partial charge in [0.05, 0.1) is 11.9 Å². The molecule has 0 aromatic carbocycles. The fraction of sp³-hybridized carbons (Fsp3) is 0.615. The Kier molecular flexibility index (Phi) is 4.20. The lowest BCUT2D eigenvalue weighted by Gasteiger charge is -2.30. The minimum Gasteiger partial charge on any atom is -0.397 e. The summed E-state index contributed by atoms with van der Waals surface area (Å²) in [6.45, 7) is 1.20. The number of hydrogen-bond acceptors (Lipinski definition) is 4. The van der Waals surface area contributed by atoms with Crippen LogP contribution in [0.4, 0.5) is 11.5 Å². The van der Waals surface area contributed by atoms with Gasteiger partial charge in [-0.15, -0.1) is 0 Å². The second-order valence-corrected chi connectivity index (χ2v) is 4.84. The van der Waals surface area contributed by atoms with Gasteiger partial charge in [0.1, 0.15) is 5.82 Å². The van der Waals surface area contributed by atoms with Crippen LogP contribution < -0.4 is 11.1 Å². The predicted molar refractivity (Wildman–Crippen MR) is 69.7 cm³/mol. The van der Waals surface area contributed by atoms with E-state index in [1.165, 1.54) is 19.3 Å². The Bertz CT molecular complexity index is 339. The van der Waals surface area contributed by atoms with Crippen LogP contribution in [-0.4, -0.2) is 23.2 Å². The van der Waals surface area contributed by atoms with Gasteiger partial charge in [-0.05, 0) is 36.8 Å². The van der Waals surface area contributed by atoms with Gasteiger partial charge in [-0.2, -0.15) is 0 Å². The van der Waals surface area contributed by atoms with Crippen molar-refractivity contribution in [1.82, 2.24) is 4.98 Å². The molecule has 17 heavy (non-hydrogen) atoms. The van der Waals surface area contributed by atoms with E-state index in [1.807, 2.05) is 12.1 Å². The van der Waals surface area contributed by atoms with Crippen molar-refractivity contribution in [2.75, 3.05) is 24.2 Å². The lowest BCUT2D eigenvalue weighted by molar-refractivity contribution is 0.141. The van der Waals surface area contributed by atoms with Crippen molar-refractivity contribution < 1.29 is 5.11 Å². The number of rotatable bonds is 4. The van der Waals surface area contributed by atoms with Crippen molar-refractivity contribution in [3.63, 3.8) is 0 Å². The number of hydrogen-bond donors (Lipinski definition) is 3. The number of aliphatic hydroxyl groups is 1. The van der Waals surface area contributed by atoms with Crippen LogP contribution in [0.5, 0.6) is 0 Å². The average molecular weight is 235 g/mol. The van der Waals surface area contributed by atoms with Crippen LogP contribution in [0, 0.1) is 11.8 Å². The molecule has 1 aliphatic carbocycles. The number of pyridine rings is 1. The molecule has 4 heteroatoms. The molecule has 2 unspecified atom stereocenters. The van der Waals surface area contributed by atoms with Crippen LogP contribution in [0.15, 0.2) is 18.3 Å². The largest absolute Gasteiger partial charge is 0.397 e. The average Bonchev–Trinajstić information content (AvgIpc) is 2.38. The van der Waals surface area contributed by atoms with Gasteiger partial charge in [0.25, 0.3) is 0 Å². The molecule has 0 radical (unpaired) electrons. The van der Waals surface area contributed by atoms with Crippen LogP contribution in [0.3, 0.4) is 0 Å². The van der Waals surface area contributed by atoms with Crippen LogP contribution in [0.25, 0.3) is 0 Å². The molecule has 4 nitrogen and oxygen atoms in total. The Hall–Kier alpha value is -1.29. The first-order valence-corrected chi connectivity index (χ1v) is 6.36. The first-order chi connectivity index (χ1) is 8.29. The van der Waals surface area contributed by atoms with Crippen molar-refractivity contribution in [2.45, 2.75) is 25.7 Å². The Morgan fingerprint density at radius 1 is 1.29 bits per heavy atom. The summed E-state index contributed by atoms with van der Waals surface area (Å²) >= 11 is 0. The van der Waals surface area contributed by atoms with E-state index in [0.29, 0.717) is 24.1 Å². The maximum Gasteiger partial charge on any atom is 0.126 e. The molecular formula is C13H21N3O. The van der Waals surface area contributed by atoms with Crippen LogP contribution in [0.1, 0.15) is 25.7 Å². The molecule has 0 bridgehead atoms. The lowest BCUT2D eigenvalue weighted by atomic mass is 9.79. The molecule has 0 saturated heterocycles. The van der Waals surface area contributed by atoms with Gasteiger partial charge in [0.2, 0.25) is 0 Å². The number of aromatic nitrogens is 1. The van der Waals surface area contributed by atoms with Gasteiger partial charge in [-0.3, -0.25) is 0 Å². The van der Waals surface area contributed by atoms with E-state index in [-0.39, 0.29) is 0 Å². The van der Waals surface area contributed by atoms with Gasteiger partial charge in [-0.1, -0.05) is 12.8 Å². The van der Waals surface area contributed by atoms with Crippen LogP contribution >= 0.6 is 0 Å². The van der Waals surface area contributed by atoms with Crippen molar-refractivity contribution in [3.8, 4) is 0 Å². The second-order valence-electron chi connectivity index (χ2n) is 4.84. The molecule has 0 amide bonds. The van der Waals surface area contributed by atoms with Gasteiger partial charge in [0, 0.05) is 13.2 Å². The van der Waals surface area contributed by atoms with E-state index in [9.17, 15) is 5.11 Å². The molecule has 94 valence electrons.